The molecule has 0 saturated heterocycles. The van der Waals surface area contributed by atoms with Crippen LogP contribution in [0.2, 0.25) is 0 Å². The van der Waals surface area contributed by atoms with Crippen LogP contribution in [-0.4, -0.2) is 55.0 Å². The van der Waals surface area contributed by atoms with Gasteiger partial charge in [-0.3, -0.25) is 14.4 Å². The summed E-state index contributed by atoms with van der Waals surface area (Å²) >= 11 is 0. The summed E-state index contributed by atoms with van der Waals surface area (Å²) < 4.78 is 6.06. The number of amides is 3. The van der Waals surface area contributed by atoms with E-state index in [-0.39, 0.29) is 17.7 Å². The van der Waals surface area contributed by atoms with Crippen molar-refractivity contribution in [3.05, 3.63) is 65.7 Å². The molecule has 0 bridgehead atoms. The second-order valence-electron chi connectivity index (χ2n) is 10.6. The molecule has 4 rings (SSSR count). The number of nitrogens with one attached hydrogen (secondary N) is 4. The Kier molecular flexibility index (Phi) is 10.4. The summed E-state index contributed by atoms with van der Waals surface area (Å²) in [6, 6.07) is 16.4. The third-order valence-electron chi connectivity index (χ3n) is 7.70. The van der Waals surface area contributed by atoms with Gasteiger partial charge >= 0.3 is 0 Å². The van der Waals surface area contributed by atoms with Gasteiger partial charge in [-0.25, -0.2) is 0 Å². The van der Waals surface area contributed by atoms with Gasteiger partial charge in [0.25, 0.3) is 0 Å². The number of hydrogen-bond acceptors (Lipinski definition) is 5. The molecular formula is C31H42N4O4. The first-order chi connectivity index (χ1) is 19.0. The first-order valence-corrected chi connectivity index (χ1v) is 14.4. The lowest BCUT2D eigenvalue weighted by molar-refractivity contribution is -0.136. The van der Waals surface area contributed by atoms with E-state index in [0.717, 1.165) is 49.0 Å². The van der Waals surface area contributed by atoms with Crippen molar-refractivity contribution in [2.75, 3.05) is 19.7 Å². The molecule has 2 aromatic rings. The second kappa shape index (κ2) is 14.1. The van der Waals surface area contributed by atoms with Gasteiger partial charge in [-0.15, -0.1) is 0 Å². The standard InChI is InChI=1S/C31H42N4O4/c1-2-11-25-29(37)35-31(17-8-9-18-31)30(38)34-26(22-23-12-4-3-5-13-23)28(36)33-19-10-15-24-14-6-7-16-27(24)39-21-20-32-25/h3-7,12-14,16,25-26,32H,2,8-11,15,17-22H2,1H3,(H,33,36)(H,34,38)(H,35,37)/t25-,26+/m0/s1. The van der Waals surface area contributed by atoms with E-state index in [1.807, 2.05) is 61.5 Å². The molecule has 0 radical (unpaired) electrons. The van der Waals surface area contributed by atoms with Gasteiger partial charge in [0.2, 0.25) is 17.7 Å². The van der Waals surface area contributed by atoms with E-state index in [9.17, 15) is 14.4 Å². The topological polar surface area (TPSA) is 109 Å². The summed E-state index contributed by atoms with van der Waals surface area (Å²) in [7, 11) is 0. The minimum absolute atomic E-state index is 0.181. The van der Waals surface area contributed by atoms with Crippen LogP contribution in [0.5, 0.6) is 5.75 Å². The number of hydrogen-bond donors (Lipinski definition) is 4. The first kappa shape index (κ1) is 28.6. The molecular weight excluding hydrogens is 492 g/mol. The zero-order chi connectivity index (χ0) is 27.5. The van der Waals surface area contributed by atoms with Crippen LogP contribution >= 0.6 is 0 Å². The van der Waals surface area contributed by atoms with Crippen molar-refractivity contribution in [2.45, 2.75) is 82.3 Å². The minimum Gasteiger partial charge on any atom is -0.492 e. The Morgan fingerprint density at radius 3 is 2.38 bits per heavy atom. The summed E-state index contributed by atoms with van der Waals surface area (Å²) in [5, 5.41) is 12.5. The summed E-state index contributed by atoms with van der Waals surface area (Å²) in [5.41, 5.74) is 1.02. The Morgan fingerprint density at radius 2 is 1.62 bits per heavy atom. The molecule has 4 N–H and O–H groups in total. The van der Waals surface area contributed by atoms with E-state index in [1.165, 1.54) is 0 Å². The molecule has 8 nitrogen and oxygen atoms in total. The number of aryl methyl sites for hydroxylation is 1. The lowest BCUT2D eigenvalue weighted by atomic mass is 9.94. The molecule has 1 fully saturated rings. The van der Waals surface area contributed by atoms with Crippen LogP contribution < -0.4 is 26.0 Å². The summed E-state index contributed by atoms with van der Waals surface area (Å²) in [6.45, 7) is 3.46. The number of carbonyl (C=O) groups excluding carboxylic acids is 3. The fourth-order valence-corrected chi connectivity index (χ4v) is 5.54. The number of ether oxygens (including phenoxy) is 1. The van der Waals surface area contributed by atoms with Crippen LogP contribution in [0, 0.1) is 0 Å². The lowest BCUT2D eigenvalue weighted by Crippen LogP contribution is -2.63. The molecule has 1 aliphatic heterocycles. The van der Waals surface area contributed by atoms with Crippen LogP contribution in [-0.2, 0) is 27.2 Å². The van der Waals surface area contributed by atoms with Crippen molar-refractivity contribution < 1.29 is 19.1 Å². The zero-order valence-corrected chi connectivity index (χ0v) is 23.0. The predicted octanol–water partition coefficient (Wildman–Crippen LogP) is 3.04. The Balaban J connectivity index is 1.58. The molecule has 1 saturated carbocycles. The van der Waals surface area contributed by atoms with Gasteiger partial charge in [-0.1, -0.05) is 74.7 Å². The highest BCUT2D eigenvalue weighted by Gasteiger charge is 2.44. The van der Waals surface area contributed by atoms with Gasteiger partial charge in [0.1, 0.15) is 23.9 Å². The number of benzene rings is 2. The molecule has 0 unspecified atom stereocenters. The third-order valence-corrected chi connectivity index (χ3v) is 7.70. The summed E-state index contributed by atoms with van der Waals surface area (Å²) in [4.78, 5) is 40.6. The Morgan fingerprint density at radius 1 is 0.872 bits per heavy atom. The largest absolute Gasteiger partial charge is 0.492 e. The molecule has 3 amide bonds. The fraction of sp³-hybridized carbons (Fsp3) is 0.516. The highest BCUT2D eigenvalue weighted by atomic mass is 16.5. The van der Waals surface area contributed by atoms with E-state index >= 15 is 0 Å². The van der Waals surface area contributed by atoms with Gasteiger partial charge < -0.3 is 26.0 Å². The lowest BCUT2D eigenvalue weighted by Gasteiger charge is -2.33. The van der Waals surface area contributed by atoms with Gasteiger partial charge in [0.15, 0.2) is 0 Å². The number of carbonyl (C=O) groups is 3. The molecule has 1 heterocycles. The van der Waals surface area contributed by atoms with Gasteiger partial charge in [-0.05, 0) is 49.3 Å². The van der Waals surface area contributed by atoms with E-state index < -0.39 is 17.6 Å². The first-order valence-electron chi connectivity index (χ1n) is 14.4. The van der Waals surface area contributed by atoms with E-state index in [4.69, 9.17) is 4.74 Å². The Labute approximate surface area is 231 Å². The fourth-order valence-electron chi connectivity index (χ4n) is 5.54. The van der Waals surface area contributed by atoms with Crippen LogP contribution in [0.4, 0.5) is 0 Å². The number of fused-ring (bicyclic) bond motifs is 1. The minimum atomic E-state index is -1.01. The monoisotopic (exact) mass is 534 g/mol. The van der Waals surface area contributed by atoms with Crippen LogP contribution in [0.15, 0.2) is 54.6 Å². The van der Waals surface area contributed by atoms with Crippen molar-refractivity contribution in [3.63, 3.8) is 0 Å². The number of rotatable bonds is 4. The van der Waals surface area contributed by atoms with Crippen LogP contribution in [0.25, 0.3) is 0 Å². The van der Waals surface area contributed by atoms with Crippen LogP contribution in [0.3, 0.4) is 0 Å². The molecule has 39 heavy (non-hydrogen) atoms. The van der Waals surface area contributed by atoms with Gasteiger partial charge in [-0.2, -0.15) is 0 Å². The Hall–Kier alpha value is -3.39. The maximum absolute atomic E-state index is 13.8. The average molecular weight is 535 g/mol. The second-order valence-corrected chi connectivity index (χ2v) is 10.6. The Bertz CT molecular complexity index is 1100. The predicted molar refractivity (Wildman–Crippen MR) is 151 cm³/mol. The SMILES string of the molecule is CCC[C@@H]1NCCOc2ccccc2CCCNC(=O)[C@@H](Cc2ccccc2)NC(=O)C2(CCCC2)NC1=O. The van der Waals surface area contributed by atoms with Crippen molar-refractivity contribution in [2.24, 2.45) is 0 Å². The number of para-hydroxylation sites is 1. The maximum Gasteiger partial charge on any atom is 0.246 e. The van der Waals surface area contributed by atoms with Gasteiger partial charge in [0.05, 0.1) is 6.04 Å². The van der Waals surface area contributed by atoms with Crippen molar-refractivity contribution in [1.82, 2.24) is 21.3 Å². The smallest absolute Gasteiger partial charge is 0.246 e. The van der Waals surface area contributed by atoms with E-state index in [0.29, 0.717) is 45.4 Å². The molecule has 2 aliphatic rings. The molecule has 2 aromatic carbocycles. The normalized spacial score (nSPS) is 22.9. The average Bonchev–Trinajstić information content (AvgIpc) is 3.42. The van der Waals surface area contributed by atoms with Crippen molar-refractivity contribution in [1.29, 1.82) is 0 Å². The molecule has 8 heteroatoms. The van der Waals surface area contributed by atoms with Gasteiger partial charge in [0, 0.05) is 19.5 Å². The molecule has 0 aromatic heterocycles. The maximum atomic E-state index is 13.8. The summed E-state index contributed by atoms with van der Waals surface area (Å²) in [6.07, 6.45) is 6.17. The highest BCUT2D eigenvalue weighted by molar-refractivity contribution is 5.96. The van der Waals surface area contributed by atoms with E-state index in [1.54, 1.807) is 0 Å². The molecule has 2 atom stereocenters. The van der Waals surface area contributed by atoms with Crippen molar-refractivity contribution >= 4 is 17.7 Å². The van der Waals surface area contributed by atoms with E-state index in [2.05, 4.69) is 21.3 Å². The summed E-state index contributed by atoms with van der Waals surface area (Å²) in [5.74, 6) is 0.141. The van der Waals surface area contributed by atoms with Crippen molar-refractivity contribution in [3.8, 4) is 5.75 Å². The highest BCUT2D eigenvalue weighted by Crippen LogP contribution is 2.30. The third kappa shape index (κ3) is 7.82. The molecule has 1 spiro atoms. The molecule has 1 aliphatic carbocycles. The zero-order valence-electron chi connectivity index (χ0n) is 23.0. The quantitative estimate of drug-likeness (QED) is 0.482. The molecule has 210 valence electrons. The van der Waals surface area contributed by atoms with Crippen LogP contribution in [0.1, 0.15) is 63.0 Å².